The van der Waals surface area contributed by atoms with E-state index >= 15 is 0 Å². The van der Waals surface area contributed by atoms with Gasteiger partial charge < -0.3 is 14.7 Å². The Morgan fingerprint density at radius 2 is 2.40 bits per heavy atom. The van der Waals surface area contributed by atoms with E-state index in [2.05, 4.69) is 4.90 Å². The molecule has 0 aliphatic carbocycles. The monoisotopic (exact) mass is 227 g/mol. The summed E-state index contributed by atoms with van der Waals surface area (Å²) < 4.78 is 5.51. The quantitative estimate of drug-likeness (QED) is 0.838. The third kappa shape index (κ3) is 2.36. The van der Waals surface area contributed by atoms with Crippen LogP contribution in [0.2, 0.25) is 5.02 Å². The number of rotatable bonds is 2. The number of halogens is 1. The number of nitrogens with zero attached hydrogens (tertiary/aromatic N) is 1. The smallest absolute Gasteiger partial charge is 0.144 e. The van der Waals surface area contributed by atoms with Crippen molar-refractivity contribution < 1.29 is 9.84 Å². The first-order valence-electron chi connectivity index (χ1n) is 5.02. The van der Waals surface area contributed by atoms with Gasteiger partial charge >= 0.3 is 0 Å². The summed E-state index contributed by atoms with van der Waals surface area (Å²) in [5, 5.41) is 10.0. The van der Waals surface area contributed by atoms with E-state index in [9.17, 15) is 5.11 Å². The van der Waals surface area contributed by atoms with Crippen LogP contribution in [0.5, 0.6) is 5.75 Å². The molecule has 0 fully saturated rings. The molecule has 1 atom stereocenters. The lowest BCUT2D eigenvalue weighted by atomic mass is 10.2. The maximum atomic E-state index is 9.38. The second-order valence-electron chi connectivity index (χ2n) is 3.76. The molecule has 82 valence electrons. The Balaban J connectivity index is 2.26. The highest BCUT2D eigenvalue weighted by atomic mass is 35.5. The third-order valence-electron chi connectivity index (χ3n) is 2.37. The fourth-order valence-electron chi connectivity index (χ4n) is 1.76. The summed E-state index contributed by atoms with van der Waals surface area (Å²) in [5.74, 6) is 0.800. The van der Waals surface area contributed by atoms with Gasteiger partial charge in [0.05, 0.1) is 18.3 Å². The summed E-state index contributed by atoms with van der Waals surface area (Å²) in [6.45, 7) is 3.85. The number of aliphatic hydroxyl groups excluding tert-OH is 1. The van der Waals surface area contributed by atoms with Crippen LogP contribution in [0.1, 0.15) is 6.92 Å². The Morgan fingerprint density at radius 1 is 1.60 bits per heavy atom. The van der Waals surface area contributed by atoms with Gasteiger partial charge in [-0.1, -0.05) is 11.6 Å². The SMILES string of the molecule is CC(O)CN1CCOc2cc(Cl)ccc21. The second kappa shape index (κ2) is 4.29. The molecule has 1 aromatic rings. The van der Waals surface area contributed by atoms with Crippen LogP contribution in [0.15, 0.2) is 18.2 Å². The predicted molar refractivity (Wildman–Crippen MR) is 60.8 cm³/mol. The minimum absolute atomic E-state index is 0.341. The molecule has 1 aliphatic rings. The van der Waals surface area contributed by atoms with Crippen LogP contribution in [0.25, 0.3) is 0 Å². The van der Waals surface area contributed by atoms with E-state index < -0.39 is 0 Å². The van der Waals surface area contributed by atoms with Gasteiger partial charge in [-0.2, -0.15) is 0 Å². The van der Waals surface area contributed by atoms with Gasteiger partial charge in [-0.15, -0.1) is 0 Å². The Morgan fingerprint density at radius 3 is 3.13 bits per heavy atom. The van der Waals surface area contributed by atoms with Crippen molar-refractivity contribution >= 4 is 17.3 Å². The lowest BCUT2D eigenvalue weighted by molar-refractivity contribution is 0.194. The number of aliphatic hydroxyl groups is 1. The van der Waals surface area contributed by atoms with Gasteiger partial charge in [-0.05, 0) is 19.1 Å². The number of hydrogen-bond donors (Lipinski definition) is 1. The lowest BCUT2D eigenvalue weighted by Gasteiger charge is -2.32. The van der Waals surface area contributed by atoms with Crippen molar-refractivity contribution in [3.63, 3.8) is 0 Å². The molecule has 2 rings (SSSR count). The van der Waals surface area contributed by atoms with Crippen LogP contribution in [0, 0.1) is 0 Å². The minimum Gasteiger partial charge on any atom is -0.490 e. The van der Waals surface area contributed by atoms with Crippen molar-refractivity contribution in [2.45, 2.75) is 13.0 Å². The molecule has 0 spiro atoms. The first kappa shape index (κ1) is 10.6. The highest BCUT2D eigenvalue weighted by Gasteiger charge is 2.18. The Bertz CT molecular complexity index is 354. The second-order valence-corrected chi connectivity index (χ2v) is 4.19. The minimum atomic E-state index is -0.341. The van der Waals surface area contributed by atoms with E-state index in [0.29, 0.717) is 18.2 Å². The van der Waals surface area contributed by atoms with Crippen molar-refractivity contribution in [1.82, 2.24) is 0 Å². The van der Waals surface area contributed by atoms with Crippen LogP contribution >= 0.6 is 11.6 Å². The van der Waals surface area contributed by atoms with E-state index in [0.717, 1.165) is 18.0 Å². The van der Waals surface area contributed by atoms with Crippen molar-refractivity contribution in [2.24, 2.45) is 0 Å². The highest BCUT2D eigenvalue weighted by molar-refractivity contribution is 6.30. The van der Waals surface area contributed by atoms with Crippen LogP contribution in [0.3, 0.4) is 0 Å². The molecule has 1 aliphatic heterocycles. The number of benzene rings is 1. The van der Waals surface area contributed by atoms with Gasteiger partial charge in [-0.3, -0.25) is 0 Å². The van der Waals surface area contributed by atoms with Gasteiger partial charge in [0.25, 0.3) is 0 Å². The largest absolute Gasteiger partial charge is 0.490 e. The fourth-order valence-corrected chi connectivity index (χ4v) is 1.92. The van der Waals surface area contributed by atoms with Crippen LogP contribution in [0.4, 0.5) is 5.69 Å². The normalized spacial score (nSPS) is 16.9. The van der Waals surface area contributed by atoms with Crippen molar-refractivity contribution in [3.05, 3.63) is 23.2 Å². The number of ether oxygens (including phenoxy) is 1. The molecule has 0 amide bonds. The van der Waals surface area contributed by atoms with Gasteiger partial charge in [0.15, 0.2) is 0 Å². The Labute approximate surface area is 94.2 Å². The van der Waals surface area contributed by atoms with Crippen molar-refractivity contribution in [3.8, 4) is 5.75 Å². The zero-order valence-electron chi connectivity index (χ0n) is 8.61. The molecule has 0 saturated carbocycles. The maximum absolute atomic E-state index is 9.38. The molecule has 15 heavy (non-hydrogen) atoms. The topological polar surface area (TPSA) is 32.7 Å². The summed E-state index contributed by atoms with van der Waals surface area (Å²) in [7, 11) is 0. The average molecular weight is 228 g/mol. The van der Waals surface area contributed by atoms with Crippen molar-refractivity contribution in [1.29, 1.82) is 0 Å². The molecule has 3 nitrogen and oxygen atoms in total. The Hall–Kier alpha value is -0.930. The number of anilines is 1. The molecule has 1 aromatic carbocycles. The molecule has 0 radical (unpaired) electrons. The van der Waals surface area contributed by atoms with Crippen LogP contribution in [-0.4, -0.2) is 30.9 Å². The third-order valence-corrected chi connectivity index (χ3v) is 2.60. The van der Waals surface area contributed by atoms with Gasteiger partial charge in [-0.25, -0.2) is 0 Å². The van der Waals surface area contributed by atoms with E-state index in [4.69, 9.17) is 16.3 Å². The fraction of sp³-hybridized carbons (Fsp3) is 0.455. The Kier molecular flexibility index (Phi) is 3.03. The van der Waals surface area contributed by atoms with Crippen LogP contribution < -0.4 is 9.64 Å². The van der Waals surface area contributed by atoms with E-state index in [1.165, 1.54) is 0 Å². The lowest BCUT2D eigenvalue weighted by Crippen LogP contribution is -2.37. The molecule has 1 unspecified atom stereocenters. The predicted octanol–water partition coefficient (Wildman–Crippen LogP) is 1.92. The molecule has 0 saturated heterocycles. The first-order valence-corrected chi connectivity index (χ1v) is 5.40. The molecular weight excluding hydrogens is 214 g/mol. The number of fused-ring (bicyclic) bond motifs is 1. The standard InChI is InChI=1S/C11H14ClNO2/c1-8(14)7-13-4-5-15-11-6-9(12)2-3-10(11)13/h2-3,6,8,14H,4-5,7H2,1H3. The van der Waals surface area contributed by atoms with Gasteiger partial charge in [0.2, 0.25) is 0 Å². The van der Waals surface area contributed by atoms with E-state index in [-0.39, 0.29) is 6.10 Å². The summed E-state index contributed by atoms with van der Waals surface area (Å²) in [5.41, 5.74) is 1.01. The highest BCUT2D eigenvalue weighted by Crippen LogP contribution is 2.33. The number of hydrogen-bond acceptors (Lipinski definition) is 3. The summed E-state index contributed by atoms with van der Waals surface area (Å²) in [4.78, 5) is 2.11. The average Bonchev–Trinajstić information content (AvgIpc) is 2.16. The molecule has 0 bridgehead atoms. The zero-order chi connectivity index (χ0) is 10.8. The summed E-state index contributed by atoms with van der Waals surface area (Å²) in [6.07, 6.45) is -0.341. The molecule has 1 N–H and O–H groups in total. The van der Waals surface area contributed by atoms with Crippen molar-refractivity contribution in [2.75, 3.05) is 24.6 Å². The van der Waals surface area contributed by atoms with E-state index in [1.807, 2.05) is 18.2 Å². The van der Waals surface area contributed by atoms with E-state index in [1.54, 1.807) is 6.92 Å². The number of β-amino-alcohol motifs (C(OH)–C–C–N with tert-alkyl or cyclic N) is 1. The first-order chi connectivity index (χ1) is 7.16. The summed E-state index contributed by atoms with van der Waals surface area (Å²) >= 11 is 5.88. The summed E-state index contributed by atoms with van der Waals surface area (Å²) in [6, 6.07) is 5.58. The van der Waals surface area contributed by atoms with Gasteiger partial charge in [0.1, 0.15) is 12.4 Å². The van der Waals surface area contributed by atoms with Gasteiger partial charge in [0, 0.05) is 17.6 Å². The molecular formula is C11H14ClNO2. The molecule has 1 heterocycles. The van der Waals surface area contributed by atoms with Crippen LogP contribution in [-0.2, 0) is 0 Å². The molecule has 4 heteroatoms. The molecule has 0 aromatic heterocycles. The maximum Gasteiger partial charge on any atom is 0.144 e. The zero-order valence-corrected chi connectivity index (χ0v) is 9.37.